The quantitative estimate of drug-likeness (QED) is 0.709. The van der Waals surface area contributed by atoms with Crippen LogP contribution in [0.3, 0.4) is 0 Å². The summed E-state index contributed by atoms with van der Waals surface area (Å²) in [5, 5.41) is 21.2. The summed E-state index contributed by atoms with van der Waals surface area (Å²) >= 11 is 0. The van der Waals surface area contributed by atoms with E-state index in [1.54, 1.807) is 6.92 Å². The van der Waals surface area contributed by atoms with Crippen LogP contribution in [0.1, 0.15) is 21.7 Å². The lowest BCUT2D eigenvalue weighted by Crippen LogP contribution is -2.06. The molecule has 0 aliphatic heterocycles. The third kappa shape index (κ3) is 2.22. The second kappa shape index (κ2) is 3.95. The van der Waals surface area contributed by atoms with Crippen LogP contribution in [0.5, 0.6) is 0 Å². The Morgan fingerprint density at radius 2 is 2.00 bits per heavy atom. The van der Waals surface area contributed by atoms with Gasteiger partial charge in [-0.3, -0.25) is 4.68 Å². The van der Waals surface area contributed by atoms with Gasteiger partial charge in [-0.2, -0.15) is 5.10 Å². The van der Waals surface area contributed by atoms with Crippen molar-refractivity contribution in [3.63, 3.8) is 0 Å². The third-order valence-corrected chi connectivity index (χ3v) is 1.86. The molecule has 1 aromatic rings. The zero-order chi connectivity index (χ0) is 11.6. The van der Waals surface area contributed by atoms with Crippen molar-refractivity contribution in [1.82, 2.24) is 9.78 Å². The molecule has 0 spiro atoms. The van der Waals surface area contributed by atoms with Gasteiger partial charge in [-0.05, 0) is 13.0 Å². The molecule has 6 nitrogen and oxygen atoms in total. The van der Waals surface area contributed by atoms with Crippen LogP contribution in [-0.2, 0) is 11.8 Å². The molecule has 0 aliphatic carbocycles. The first-order valence-corrected chi connectivity index (χ1v) is 4.11. The Labute approximate surface area is 85.5 Å². The van der Waals surface area contributed by atoms with Crippen LogP contribution in [0.25, 0.3) is 6.08 Å². The van der Waals surface area contributed by atoms with E-state index in [0.29, 0.717) is 11.3 Å². The van der Waals surface area contributed by atoms with Crippen LogP contribution >= 0.6 is 0 Å². The fraction of sp³-hybridized carbons (Fsp3) is 0.222. The van der Waals surface area contributed by atoms with E-state index in [4.69, 9.17) is 10.2 Å². The normalized spacial score (nSPS) is 10.8. The molecule has 0 aliphatic rings. The molecule has 2 N–H and O–H groups in total. The topological polar surface area (TPSA) is 92.4 Å². The van der Waals surface area contributed by atoms with Gasteiger partial charge >= 0.3 is 11.9 Å². The number of aliphatic carboxylic acids is 1. The number of aromatic nitrogens is 2. The van der Waals surface area contributed by atoms with Gasteiger partial charge < -0.3 is 10.2 Å². The van der Waals surface area contributed by atoms with Gasteiger partial charge in [0.05, 0.1) is 5.69 Å². The van der Waals surface area contributed by atoms with E-state index >= 15 is 0 Å². The minimum Gasteiger partial charge on any atom is -0.478 e. The number of nitrogens with zero attached hydrogens (tertiary/aromatic N) is 2. The Balaban J connectivity index is 3.27. The van der Waals surface area contributed by atoms with Gasteiger partial charge in [-0.25, -0.2) is 9.59 Å². The van der Waals surface area contributed by atoms with E-state index in [1.807, 2.05) is 0 Å². The monoisotopic (exact) mass is 210 g/mol. The van der Waals surface area contributed by atoms with Gasteiger partial charge in [0, 0.05) is 18.7 Å². The van der Waals surface area contributed by atoms with Crippen molar-refractivity contribution in [3.05, 3.63) is 23.0 Å². The molecule has 0 fully saturated rings. The van der Waals surface area contributed by atoms with Gasteiger partial charge in [-0.1, -0.05) is 0 Å². The molecule has 1 aromatic heterocycles. The van der Waals surface area contributed by atoms with Crippen molar-refractivity contribution in [2.45, 2.75) is 6.92 Å². The maximum atomic E-state index is 10.9. The molecule has 0 saturated heterocycles. The first-order valence-electron chi connectivity index (χ1n) is 4.11. The summed E-state index contributed by atoms with van der Waals surface area (Å²) in [5.41, 5.74) is 0.768. The predicted molar refractivity (Wildman–Crippen MR) is 51.6 cm³/mol. The van der Waals surface area contributed by atoms with E-state index in [1.165, 1.54) is 17.8 Å². The summed E-state index contributed by atoms with van der Waals surface area (Å²) < 4.78 is 1.21. The average molecular weight is 210 g/mol. The molecular formula is C9H10N2O4. The lowest BCUT2D eigenvalue weighted by atomic mass is 10.1. The first kappa shape index (κ1) is 11.0. The Morgan fingerprint density at radius 3 is 2.47 bits per heavy atom. The highest BCUT2D eigenvalue weighted by atomic mass is 16.4. The second-order valence-corrected chi connectivity index (χ2v) is 2.95. The lowest BCUT2D eigenvalue weighted by molar-refractivity contribution is -0.131. The highest BCUT2D eigenvalue weighted by Gasteiger charge is 2.17. The van der Waals surface area contributed by atoms with Crippen LogP contribution in [0.2, 0.25) is 0 Å². The molecule has 0 unspecified atom stereocenters. The number of hydrogen-bond acceptors (Lipinski definition) is 3. The number of carboxylic acid groups (broad SMARTS) is 2. The SMILES string of the molecule is Cc1nn(C)c(C(=O)O)c1C=CC(=O)O. The average Bonchev–Trinajstić information content (AvgIpc) is 2.37. The summed E-state index contributed by atoms with van der Waals surface area (Å²) in [6.07, 6.45) is 2.12. The Bertz CT molecular complexity index is 445. The van der Waals surface area contributed by atoms with Crippen LogP contribution in [-0.4, -0.2) is 31.9 Å². The molecule has 1 rings (SSSR count). The van der Waals surface area contributed by atoms with Crippen molar-refractivity contribution in [2.75, 3.05) is 0 Å². The number of carbonyl (C=O) groups is 2. The highest BCUT2D eigenvalue weighted by Crippen LogP contribution is 2.14. The summed E-state index contributed by atoms with van der Waals surface area (Å²) in [6.45, 7) is 1.62. The third-order valence-electron chi connectivity index (χ3n) is 1.86. The van der Waals surface area contributed by atoms with E-state index in [0.717, 1.165) is 6.08 Å². The molecule has 6 heteroatoms. The Morgan fingerprint density at radius 1 is 1.40 bits per heavy atom. The van der Waals surface area contributed by atoms with Crippen molar-refractivity contribution in [1.29, 1.82) is 0 Å². The Hall–Kier alpha value is -2.11. The molecule has 0 saturated carbocycles. The largest absolute Gasteiger partial charge is 0.478 e. The summed E-state index contributed by atoms with van der Waals surface area (Å²) in [6, 6.07) is 0. The first-order chi connectivity index (χ1) is 6.93. The van der Waals surface area contributed by atoms with E-state index < -0.39 is 11.9 Å². The van der Waals surface area contributed by atoms with E-state index in [2.05, 4.69) is 5.10 Å². The second-order valence-electron chi connectivity index (χ2n) is 2.95. The number of hydrogen-bond donors (Lipinski definition) is 2. The minimum absolute atomic E-state index is 0.0231. The van der Waals surface area contributed by atoms with E-state index in [9.17, 15) is 9.59 Å². The smallest absolute Gasteiger partial charge is 0.354 e. The molecule has 1 heterocycles. The molecule has 0 bridgehead atoms. The molecule has 0 radical (unpaired) electrons. The van der Waals surface area contributed by atoms with Gasteiger partial charge in [0.1, 0.15) is 0 Å². The van der Waals surface area contributed by atoms with Crippen molar-refractivity contribution in [2.24, 2.45) is 7.05 Å². The van der Waals surface area contributed by atoms with Crippen molar-refractivity contribution < 1.29 is 19.8 Å². The van der Waals surface area contributed by atoms with E-state index in [-0.39, 0.29) is 5.69 Å². The summed E-state index contributed by atoms with van der Waals surface area (Å²) in [4.78, 5) is 21.2. The standard InChI is InChI=1S/C9H10N2O4/c1-5-6(3-4-7(12)13)8(9(14)15)11(2)10-5/h3-4H,1-2H3,(H,12,13)(H,14,15). The van der Waals surface area contributed by atoms with Crippen LogP contribution in [0.4, 0.5) is 0 Å². The fourth-order valence-electron chi connectivity index (χ4n) is 1.28. The maximum absolute atomic E-state index is 10.9. The van der Waals surface area contributed by atoms with Gasteiger partial charge in [0.2, 0.25) is 0 Å². The van der Waals surface area contributed by atoms with Crippen LogP contribution in [0.15, 0.2) is 6.08 Å². The molecule has 15 heavy (non-hydrogen) atoms. The number of carboxylic acids is 2. The van der Waals surface area contributed by atoms with Crippen LogP contribution < -0.4 is 0 Å². The lowest BCUT2D eigenvalue weighted by Gasteiger charge is -1.95. The molecular weight excluding hydrogens is 200 g/mol. The molecule has 80 valence electrons. The molecule has 0 amide bonds. The van der Waals surface area contributed by atoms with Gasteiger partial charge in [0.25, 0.3) is 0 Å². The zero-order valence-corrected chi connectivity index (χ0v) is 8.26. The van der Waals surface area contributed by atoms with Gasteiger partial charge in [0.15, 0.2) is 5.69 Å². The highest BCUT2D eigenvalue weighted by molar-refractivity contribution is 5.93. The predicted octanol–water partition coefficient (Wildman–Crippen LogP) is 0.525. The summed E-state index contributed by atoms with van der Waals surface area (Å²) in [5.74, 6) is -2.27. The number of aryl methyl sites for hydroxylation is 2. The van der Waals surface area contributed by atoms with Crippen LogP contribution in [0, 0.1) is 6.92 Å². The van der Waals surface area contributed by atoms with Crippen molar-refractivity contribution in [3.8, 4) is 0 Å². The Kier molecular flexibility index (Phi) is 2.89. The maximum Gasteiger partial charge on any atom is 0.354 e. The fourth-order valence-corrected chi connectivity index (χ4v) is 1.28. The summed E-state index contributed by atoms with van der Waals surface area (Å²) in [7, 11) is 1.49. The molecule has 0 atom stereocenters. The number of rotatable bonds is 3. The minimum atomic E-state index is -1.14. The van der Waals surface area contributed by atoms with Crippen molar-refractivity contribution >= 4 is 18.0 Å². The zero-order valence-electron chi connectivity index (χ0n) is 8.26. The van der Waals surface area contributed by atoms with Gasteiger partial charge in [-0.15, -0.1) is 0 Å². The molecule has 0 aromatic carbocycles. The number of aromatic carboxylic acids is 1.